The van der Waals surface area contributed by atoms with Gasteiger partial charge in [-0.25, -0.2) is 14.6 Å². The second-order valence-corrected chi connectivity index (χ2v) is 8.58. The molecule has 1 aromatic carbocycles. The number of carbonyl (C=O) groups is 1. The van der Waals surface area contributed by atoms with Crippen molar-refractivity contribution < 1.29 is 9.90 Å². The number of para-hydroxylation sites is 1. The number of aliphatic hydroxyl groups is 1. The van der Waals surface area contributed by atoms with Gasteiger partial charge in [-0.15, -0.1) is 0 Å². The Balaban J connectivity index is 1.32. The molecule has 1 saturated heterocycles. The van der Waals surface area contributed by atoms with Crippen LogP contribution in [0.4, 0.5) is 0 Å². The smallest absolute Gasteiger partial charge is 0.264 e. The Morgan fingerprint density at radius 1 is 1.12 bits per heavy atom. The zero-order chi connectivity index (χ0) is 23.0. The summed E-state index contributed by atoms with van der Waals surface area (Å²) in [5, 5.41) is 16.1. The van der Waals surface area contributed by atoms with E-state index in [9.17, 15) is 14.7 Å². The van der Waals surface area contributed by atoms with E-state index >= 15 is 0 Å². The highest BCUT2D eigenvalue weighted by molar-refractivity contribution is 6.29. The molecule has 0 radical (unpaired) electrons. The van der Waals surface area contributed by atoms with E-state index in [1.165, 1.54) is 29.4 Å². The van der Waals surface area contributed by atoms with Gasteiger partial charge in [0.1, 0.15) is 16.9 Å². The second kappa shape index (κ2) is 8.42. The molecule has 0 atom stereocenters. The molecular formula is C23H21ClN6O3. The Morgan fingerprint density at radius 3 is 2.61 bits per heavy atom. The molecule has 4 aromatic rings. The minimum Gasteiger partial charge on any atom is -0.388 e. The van der Waals surface area contributed by atoms with Gasteiger partial charge in [-0.3, -0.25) is 14.2 Å². The number of benzene rings is 1. The van der Waals surface area contributed by atoms with Crippen LogP contribution in [0.25, 0.3) is 16.7 Å². The maximum absolute atomic E-state index is 13.1. The summed E-state index contributed by atoms with van der Waals surface area (Å²) in [6.45, 7) is 0.825. The number of likely N-dealkylation sites (tertiary alicyclic amines) is 1. The Bertz CT molecular complexity index is 1380. The molecule has 4 heterocycles. The van der Waals surface area contributed by atoms with Crippen LogP contribution in [0.15, 0.2) is 66.0 Å². The number of hydrogen-bond donors (Lipinski definition) is 1. The Hall–Kier alpha value is -3.56. The molecule has 1 aliphatic rings. The van der Waals surface area contributed by atoms with Gasteiger partial charge in [0, 0.05) is 24.8 Å². The fraction of sp³-hybridized carbons (Fsp3) is 0.261. The number of halogens is 1. The van der Waals surface area contributed by atoms with Gasteiger partial charge in [-0.1, -0.05) is 29.8 Å². The fourth-order valence-electron chi connectivity index (χ4n) is 4.14. The molecule has 1 aliphatic heterocycles. The Kier molecular flexibility index (Phi) is 5.43. The third-order valence-electron chi connectivity index (χ3n) is 5.97. The number of aromatic nitrogens is 5. The minimum absolute atomic E-state index is 0.0917. The van der Waals surface area contributed by atoms with Gasteiger partial charge < -0.3 is 10.0 Å². The highest BCUT2D eigenvalue weighted by Crippen LogP contribution is 2.25. The molecule has 5 rings (SSSR count). The summed E-state index contributed by atoms with van der Waals surface area (Å²) in [6.07, 6.45) is 5.11. The van der Waals surface area contributed by atoms with Crippen LogP contribution in [0.3, 0.4) is 0 Å². The highest BCUT2D eigenvalue weighted by atomic mass is 35.5. The molecule has 0 bridgehead atoms. The van der Waals surface area contributed by atoms with Crippen LogP contribution < -0.4 is 5.56 Å². The van der Waals surface area contributed by atoms with E-state index in [-0.39, 0.29) is 23.2 Å². The largest absolute Gasteiger partial charge is 0.388 e. The van der Waals surface area contributed by atoms with E-state index in [0.717, 1.165) is 5.69 Å². The van der Waals surface area contributed by atoms with Crippen LogP contribution in [-0.4, -0.2) is 58.9 Å². The number of amides is 1. The number of nitrogens with zero attached hydrogens (tertiary/aromatic N) is 6. The molecule has 0 unspecified atom stereocenters. The van der Waals surface area contributed by atoms with E-state index < -0.39 is 5.60 Å². The predicted molar refractivity (Wildman–Crippen MR) is 122 cm³/mol. The van der Waals surface area contributed by atoms with Crippen LogP contribution in [0.2, 0.25) is 5.15 Å². The first kappa shape index (κ1) is 21.3. The maximum Gasteiger partial charge on any atom is 0.264 e. The first-order valence-electron chi connectivity index (χ1n) is 10.6. The van der Waals surface area contributed by atoms with Crippen molar-refractivity contribution in [2.45, 2.75) is 25.0 Å². The van der Waals surface area contributed by atoms with Gasteiger partial charge >= 0.3 is 0 Å². The number of hydrogen-bond acceptors (Lipinski definition) is 6. The zero-order valence-electron chi connectivity index (χ0n) is 17.6. The lowest BCUT2D eigenvalue weighted by Crippen LogP contribution is -2.49. The van der Waals surface area contributed by atoms with Crippen LogP contribution in [0.5, 0.6) is 0 Å². The van der Waals surface area contributed by atoms with Crippen molar-refractivity contribution in [2.75, 3.05) is 13.1 Å². The van der Waals surface area contributed by atoms with Crippen molar-refractivity contribution in [1.82, 2.24) is 29.2 Å². The van der Waals surface area contributed by atoms with E-state index in [2.05, 4.69) is 15.1 Å². The molecule has 1 fully saturated rings. The van der Waals surface area contributed by atoms with Crippen molar-refractivity contribution in [3.63, 3.8) is 0 Å². The Labute approximate surface area is 193 Å². The number of rotatable bonds is 4. The summed E-state index contributed by atoms with van der Waals surface area (Å²) in [4.78, 5) is 35.8. The second-order valence-electron chi connectivity index (χ2n) is 8.19. The summed E-state index contributed by atoms with van der Waals surface area (Å²) in [5.41, 5.74) is 0.345. The van der Waals surface area contributed by atoms with Crippen molar-refractivity contribution in [1.29, 1.82) is 0 Å². The number of pyridine rings is 1. The van der Waals surface area contributed by atoms with Gasteiger partial charge in [-0.2, -0.15) is 5.10 Å². The lowest BCUT2D eigenvalue weighted by molar-refractivity contribution is -0.0299. The van der Waals surface area contributed by atoms with Gasteiger partial charge in [0.15, 0.2) is 5.65 Å². The van der Waals surface area contributed by atoms with Crippen molar-refractivity contribution >= 4 is 28.5 Å². The third kappa shape index (κ3) is 4.12. The molecule has 33 heavy (non-hydrogen) atoms. The summed E-state index contributed by atoms with van der Waals surface area (Å²) in [7, 11) is 0. The number of fused-ring (bicyclic) bond motifs is 1. The average molecular weight is 465 g/mol. The minimum atomic E-state index is -1.12. The van der Waals surface area contributed by atoms with E-state index in [0.29, 0.717) is 42.5 Å². The molecule has 1 N–H and O–H groups in total. The molecular weight excluding hydrogens is 444 g/mol. The monoisotopic (exact) mass is 464 g/mol. The molecule has 10 heteroatoms. The summed E-state index contributed by atoms with van der Waals surface area (Å²) in [6, 6.07) is 12.6. The van der Waals surface area contributed by atoms with Crippen molar-refractivity contribution in [3.8, 4) is 5.69 Å². The van der Waals surface area contributed by atoms with Gasteiger partial charge in [0.2, 0.25) is 0 Å². The zero-order valence-corrected chi connectivity index (χ0v) is 18.4. The lowest BCUT2D eigenvalue weighted by Gasteiger charge is -2.38. The van der Waals surface area contributed by atoms with Crippen LogP contribution in [-0.2, 0) is 6.54 Å². The standard InChI is InChI=1S/C23H21ClN6O3/c24-19-12-16(6-9-25-19)21(31)28-10-7-23(33,8-11-28)14-29-15-26-20-18(22(29)32)13-27-30(20)17-4-2-1-3-5-17/h1-6,9,12-13,15,33H,7-8,10-11,14H2. The van der Waals surface area contributed by atoms with Crippen molar-refractivity contribution in [3.05, 3.63) is 82.3 Å². The molecule has 1 amide bonds. The first-order valence-corrected chi connectivity index (χ1v) is 10.9. The lowest BCUT2D eigenvalue weighted by atomic mass is 9.91. The van der Waals surface area contributed by atoms with Crippen LogP contribution in [0, 0.1) is 0 Å². The molecule has 0 aliphatic carbocycles. The summed E-state index contributed by atoms with van der Waals surface area (Å²) >= 11 is 5.89. The number of piperidine rings is 1. The molecule has 168 valence electrons. The number of carbonyl (C=O) groups excluding carboxylic acids is 1. The third-order valence-corrected chi connectivity index (χ3v) is 6.18. The topological polar surface area (TPSA) is 106 Å². The van der Waals surface area contributed by atoms with Gasteiger partial charge in [0.25, 0.3) is 11.5 Å². The molecule has 9 nitrogen and oxygen atoms in total. The Morgan fingerprint density at radius 2 is 1.88 bits per heavy atom. The van der Waals surface area contributed by atoms with Gasteiger partial charge in [-0.05, 0) is 37.1 Å². The van der Waals surface area contributed by atoms with Crippen LogP contribution in [0.1, 0.15) is 23.2 Å². The highest BCUT2D eigenvalue weighted by Gasteiger charge is 2.35. The van der Waals surface area contributed by atoms with E-state index in [1.54, 1.807) is 15.6 Å². The average Bonchev–Trinajstić information content (AvgIpc) is 3.26. The first-order chi connectivity index (χ1) is 15.9. The summed E-state index contributed by atoms with van der Waals surface area (Å²) in [5.74, 6) is -0.157. The SMILES string of the molecule is O=C(c1ccnc(Cl)c1)N1CCC(O)(Cn2cnc3c(cnn3-c3ccccc3)c2=O)CC1. The van der Waals surface area contributed by atoms with E-state index in [4.69, 9.17) is 11.6 Å². The molecule has 0 spiro atoms. The predicted octanol–water partition coefficient (Wildman–Crippen LogP) is 2.30. The fourth-order valence-corrected chi connectivity index (χ4v) is 4.31. The molecule has 3 aromatic heterocycles. The maximum atomic E-state index is 13.1. The van der Waals surface area contributed by atoms with E-state index in [1.807, 2.05) is 30.3 Å². The van der Waals surface area contributed by atoms with Crippen LogP contribution >= 0.6 is 11.6 Å². The quantitative estimate of drug-likeness (QED) is 0.464. The van der Waals surface area contributed by atoms with Gasteiger partial charge in [0.05, 0.1) is 24.0 Å². The normalized spacial score (nSPS) is 15.6. The van der Waals surface area contributed by atoms with Crippen molar-refractivity contribution in [2.24, 2.45) is 0 Å². The molecule has 0 saturated carbocycles. The summed E-state index contributed by atoms with van der Waals surface area (Å²) < 4.78 is 3.03.